The maximum atomic E-state index is 12.7. The van der Waals surface area contributed by atoms with Gasteiger partial charge in [0.15, 0.2) is 0 Å². The molecule has 2 rings (SSSR count). The number of alkyl halides is 6. The number of benzene rings is 1. The number of H-pyrrole nitrogens is 1. The SMILES string of the molecule is OC(c1c[nH]c2ccccc12)(C(F)(F)F)C(F)(F)F. The van der Waals surface area contributed by atoms with Gasteiger partial charge in [-0.15, -0.1) is 0 Å². The van der Waals surface area contributed by atoms with E-state index in [4.69, 9.17) is 0 Å². The van der Waals surface area contributed by atoms with Crippen molar-refractivity contribution >= 4 is 10.9 Å². The minimum Gasteiger partial charge on any atom is -0.369 e. The first-order valence-electron chi connectivity index (χ1n) is 5.01. The molecule has 1 heterocycles. The van der Waals surface area contributed by atoms with Crippen LogP contribution in [0.1, 0.15) is 5.56 Å². The van der Waals surface area contributed by atoms with Crippen LogP contribution in [0.4, 0.5) is 26.3 Å². The second-order valence-corrected chi connectivity index (χ2v) is 3.95. The monoisotopic (exact) mass is 283 g/mol. The highest BCUT2D eigenvalue weighted by molar-refractivity contribution is 5.84. The Hall–Kier alpha value is -1.70. The Bertz CT molecular complexity index is 583. The lowest BCUT2D eigenvalue weighted by molar-refractivity contribution is -0.375. The van der Waals surface area contributed by atoms with Gasteiger partial charge in [0, 0.05) is 22.7 Å². The fourth-order valence-electron chi connectivity index (χ4n) is 1.84. The van der Waals surface area contributed by atoms with Gasteiger partial charge in [0.25, 0.3) is 5.60 Å². The van der Waals surface area contributed by atoms with Crippen LogP contribution < -0.4 is 0 Å². The zero-order valence-electron chi connectivity index (χ0n) is 9.10. The molecule has 19 heavy (non-hydrogen) atoms. The van der Waals surface area contributed by atoms with Crippen molar-refractivity contribution in [2.24, 2.45) is 0 Å². The van der Waals surface area contributed by atoms with Gasteiger partial charge in [-0.25, -0.2) is 0 Å². The number of fused-ring (bicyclic) bond motifs is 1. The number of nitrogens with one attached hydrogen (secondary N) is 1. The summed E-state index contributed by atoms with van der Waals surface area (Å²) >= 11 is 0. The Morgan fingerprint density at radius 1 is 0.895 bits per heavy atom. The van der Waals surface area contributed by atoms with Crippen LogP contribution in [0.25, 0.3) is 10.9 Å². The van der Waals surface area contributed by atoms with Gasteiger partial charge in [0.1, 0.15) is 0 Å². The molecule has 0 radical (unpaired) electrons. The molecule has 0 aliphatic heterocycles. The molecule has 0 spiro atoms. The number of hydrogen-bond acceptors (Lipinski definition) is 1. The lowest BCUT2D eigenvalue weighted by Gasteiger charge is -2.32. The summed E-state index contributed by atoms with van der Waals surface area (Å²) in [4.78, 5) is 2.28. The minimum absolute atomic E-state index is 0.0735. The van der Waals surface area contributed by atoms with E-state index in [9.17, 15) is 31.4 Å². The standard InChI is InChI=1S/C11H7F6NO/c12-10(13,14)9(19,11(15,16)17)7-5-18-8-4-2-1-3-6(7)8/h1-5,18-19H. The van der Waals surface area contributed by atoms with E-state index in [2.05, 4.69) is 4.98 Å². The van der Waals surface area contributed by atoms with Gasteiger partial charge in [-0.05, 0) is 6.07 Å². The smallest absolute Gasteiger partial charge is 0.369 e. The number of hydrogen-bond donors (Lipinski definition) is 2. The largest absolute Gasteiger partial charge is 0.430 e. The van der Waals surface area contributed by atoms with Crippen LogP contribution in [-0.2, 0) is 5.60 Å². The van der Waals surface area contributed by atoms with Crippen molar-refractivity contribution < 1.29 is 31.4 Å². The van der Waals surface area contributed by atoms with Crippen LogP contribution in [-0.4, -0.2) is 22.4 Å². The Kier molecular flexibility index (Phi) is 2.81. The second-order valence-electron chi connectivity index (χ2n) is 3.95. The summed E-state index contributed by atoms with van der Waals surface area (Å²) in [5.41, 5.74) is -6.09. The number of para-hydroxylation sites is 1. The van der Waals surface area contributed by atoms with E-state index in [0.29, 0.717) is 6.20 Å². The number of halogens is 6. The third-order valence-corrected chi connectivity index (χ3v) is 2.80. The average molecular weight is 283 g/mol. The minimum atomic E-state index is -5.88. The molecule has 0 atom stereocenters. The van der Waals surface area contributed by atoms with E-state index < -0.39 is 23.5 Å². The number of rotatable bonds is 1. The third kappa shape index (κ3) is 1.86. The molecule has 1 aromatic heterocycles. The zero-order chi connectivity index (χ0) is 14.5. The predicted octanol–water partition coefficient (Wildman–Crippen LogP) is 3.48. The summed E-state index contributed by atoms with van der Waals surface area (Å²) in [6.45, 7) is 0. The average Bonchev–Trinajstić information content (AvgIpc) is 2.68. The Morgan fingerprint density at radius 3 is 1.95 bits per heavy atom. The van der Waals surface area contributed by atoms with Crippen molar-refractivity contribution in [1.29, 1.82) is 0 Å². The molecule has 0 amide bonds. The van der Waals surface area contributed by atoms with Gasteiger partial charge in [-0.3, -0.25) is 0 Å². The van der Waals surface area contributed by atoms with Crippen LogP contribution in [0, 0.1) is 0 Å². The zero-order valence-corrected chi connectivity index (χ0v) is 9.10. The molecule has 2 N–H and O–H groups in total. The first kappa shape index (κ1) is 13.7. The predicted molar refractivity (Wildman–Crippen MR) is 54.3 cm³/mol. The Balaban J connectivity index is 2.77. The molecular formula is C11H7F6NO. The summed E-state index contributed by atoms with van der Waals surface area (Å²) in [5.74, 6) is 0. The fraction of sp³-hybridized carbons (Fsp3) is 0.273. The van der Waals surface area contributed by atoms with Crippen LogP contribution in [0.3, 0.4) is 0 Å². The maximum Gasteiger partial charge on any atom is 0.430 e. The quantitative estimate of drug-likeness (QED) is 0.772. The fourth-order valence-corrected chi connectivity index (χ4v) is 1.84. The molecule has 2 aromatic rings. The number of aliphatic hydroxyl groups is 1. The molecule has 104 valence electrons. The molecule has 0 saturated heterocycles. The van der Waals surface area contributed by atoms with Gasteiger partial charge in [-0.1, -0.05) is 18.2 Å². The van der Waals surface area contributed by atoms with Gasteiger partial charge < -0.3 is 10.1 Å². The molecule has 0 fully saturated rings. The Morgan fingerprint density at radius 2 is 1.42 bits per heavy atom. The molecule has 8 heteroatoms. The molecule has 0 saturated carbocycles. The molecular weight excluding hydrogens is 276 g/mol. The highest BCUT2D eigenvalue weighted by Gasteiger charge is 2.72. The molecule has 0 aliphatic rings. The van der Waals surface area contributed by atoms with Crippen molar-refractivity contribution in [2.45, 2.75) is 18.0 Å². The maximum absolute atomic E-state index is 12.7. The molecule has 1 aromatic carbocycles. The van der Waals surface area contributed by atoms with Crippen molar-refractivity contribution in [3.63, 3.8) is 0 Å². The highest BCUT2D eigenvalue weighted by Crippen LogP contribution is 2.51. The van der Waals surface area contributed by atoms with E-state index in [-0.39, 0.29) is 10.9 Å². The lowest BCUT2D eigenvalue weighted by atomic mass is 9.92. The normalized spacial score (nSPS) is 14.1. The number of aromatic nitrogens is 1. The lowest BCUT2D eigenvalue weighted by Crippen LogP contribution is -2.53. The van der Waals surface area contributed by atoms with Crippen molar-refractivity contribution in [2.75, 3.05) is 0 Å². The van der Waals surface area contributed by atoms with Gasteiger partial charge in [-0.2, -0.15) is 26.3 Å². The second kappa shape index (κ2) is 3.89. The van der Waals surface area contributed by atoms with Gasteiger partial charge in [0.05, 0.1) is 0 Å². The van der Waals surface area contributed by atoms with E-state index in [1.807, 2.05) is 0 Å². The Labute approximate surface area is 102 Å². The summed E-state index contributed by atoms with van der Waals surface area (Å²) < 4.78 is 76.2. The van der Waals surface area contributed by atoms with Crippen LogP contribution in [0.2, 0.25) is 0 Å². The van der Waals surface area contributed by atoms with Gasteiger partial charge >= 0.3 is 12.4 Å². The van der Waals surface area contributed by atoms with E-state index >= 15 is 0 Å². The van der Waals surface area contributed by atoms with E-state index in [1.54, 1.807) is 0 Å². The van der Waals surface area contributed by atoms with Crippen molar-refractivity contribution in [3.8, 4) is 0 Å². The molecule has 0 bridgehead atoms. The first-order chi connectivity index (χ1) is 8.59. The van der Waals surface area contributed by atoms with Gasteiger partial charge in [0.2, 0.25) is 0 Å². The summed E-state index contributed by atoms with van der Waals surface area (Å²) in [5, 5.41) is 8.94. The van der Waals surface area contributed by atoms with E-state index in [0.717, 1.165) is 6.07 Å². The van der Waals surface area contributed by atoms with Crippen LogP contribution >= 0.6 is 0 Å². The van der Waals surface area contributed by atoms with Crippen LogP contribution in [0.5, 0.6) is 0 Å². The molecule has 2 nitrogen and oxygen atoms in total. The first-order valence-corrected chi connectivity index (χ1v) is 5.01. The highest BCUT2D eigenvalue weighted by atomic mass is 19.4. The summed E-state index contributed by atoms with van der Waals surface area (Å²) in [7, 11) is 0. The summed E-state index contributed by atoms with van der Waals surface area (Å²) in [6.07, 6.45) is -11.2. The molecule has 0 aliphatic carbocycles. The summed E-state index contributed by atoms with van der Waals surface area (Å²) in [6, 6.07) is 5.12. The molecule has 0 unspecified atom stereocenters. The third-order valence-electron chi connectivity index (χ3n) is 2.80. The number of aromatic amines is 1. The topological polar surface area (TPSA) is 36.0 Å². The van der Waals surface area contributed by atoms with Crippen molar-refractivity contribution in [1.82, 2.24) is 4.98 Å². The van der Waals surface area contributed by atoms with Crippen molar-refractivity contribution in [3.05, 3.63) is 36.0 Å². The van der Waals surface area contributed by atoms with Crippen LogP contribution in [0.15, 0.2) is 30.5 Å². The van der Waals surface area contributed by atoms with E-state index in [1.165, 1.54) is 18.2 Å².